The zero-order chi connectivity index (χ0) is 10.3. The summed E-state index contributed by atoms with van der Waals surface area (Å²) in [5.41, 5.74) is -0.954. The zero-order valence-corrected chi connectivity index (χ0v) is 8.59. The molecule has 0 spiro atoms. The fourth-order valence-corrected chi connectivity index (χ4v) is 0.999. The molecule has 0 bridgehead atoms. The predicted molar refractivity (Wildman–Crippen MR) is 50.8 cm³/mol. The minimum atomic E-state index is -0.954. The lowest BCUT2D eigenvalue weighted by Gasteiger charge is -2.25. The predicted octanol–water partition coefficient (Wildman–Crippen LogP) is 0.866. The van der Waals surface area contributed by atoms with Crippen molar-refractivity contribution in [1.29, 1.82) is 0 Å². The molecule has 4 nitrogen and oxygen atoms in total. The SMILES string of the molecule is CCCOCC(C)(NCC)C(=O)O. The van der Waals surface area contributed by atoms with Gasteiger partial charge in [0.05, 0.1) is 6.61 Å². The van der Waals surface area contributed by atoms with Crippen LogP contribution in [0.2, 0.25) is 0 Å². The zero-order valence-electron chi connectivity index (χ0n) is 8.59. The fourth-order valence-electron chi connectivity index (χ4n) is 0.999. The number of hydrogen-bond donors (Lipinski definition) is 2. The summed E-state index contributed by atoms with van der Waals surface area (Å²) in [4.78, 5) is 10.9. The Hall–Kier alpha value is -0.610. The highest BCUT2D eigenvalue weighted by Crippen LogP contribution is 2.04. The van der Waals surface area contributed by atoms with Gasteiger partial charge in [0.15, 0.2) is 0 Å². The Kier molecular flexibility index (Phi) is 5.66. The molecule has 0 aromatic heterocycles. The van der Waals surface area contributed by atoms with Crippen LogP contribution in [0.5, 0.6) is 0 Å². The summed E-state index contributed by atoms with van der Waals surface area (Å²) < 4.78 is 5.22. The first-order valence-electron chi connectivity index (χ1n) is 4.63. The van der Waals surface area contributed by atoms with Crippen LogP contribution >= 0.6 is 0 Å². The third-order valence-corrected chi connectivity index (χ3v) is 1.78. The van der Waals surface area contributed by atoms with Crippen molar-refractivity contribution in [1.82, 2.24) is 5.32 Å². The quantitative estimate of drug-likeness (QED) is 0.583. The van der Waals surface area contributed by atoms with Gasteiger partial charge in [0.1, 0.15) is 5.54 Å². The summed E-state index contributed by atoms with van der Waals surface area (Å²) >= 11 is 0. The summed E-state index contributed by atoms with van der Waals surface area (Å²) in [5, 5.41) is 11.8. The molecule has 0 radical (unpaired) electrons. The summed E-state index contributed by atoms with van der Waals surface area (Å²) in [5.74, 6) is -0.870. The van der Waals surface area contributed by atoms with Crippen molar-refractivity contribution in [3.8, 4) is 0 Å². The first-order chi connectivity index (χ1) is 6.06. The van der Waals surface area contributed by atoms with Crippen LogP contribution in [0, 0.1) is 0 Å². The van der Waals surface area contributed by atoms with Gasteiger partial charge in [-0.15, -0.1) is 0 Å². The molecule has 0 aliphatic heterocycles. The second-order valence-corrected chi connectivity index (χ2v) is 3.22. The van der Waals surface area contributed by atoms with Crippen LogP contribution in [0.15, 0.2) is 0 Å². The maximum atomic E-state index is 10.9. The Bertz CT molecular complexity index is 161. The van der Waals surface area contributed by atoms with Gasteiger partial charge >= 0.3 is 5.97 Å². The summed E-state index contributed by atoms with van der Waals surface area (Å²) in [6.45, 7) is 6.94. The van der Waals surface area contributed by atoms with Gasteiger partial charge in [-0.2, -0.15) is 0 Å². The van der Waals surface area contributed by atoms with Crippen molar-refractivity contribution in [2.45, 2.75) is 32.7 Å². The molecule has 1 unspecified atom stereocenters. The number of nitrogens with one attached hydrogen (secondary N) is 1. The van der Waals surface area contributed by atoms with E-state index in [2.05, 4.69) is 5.32 Å². The lowest BCUT2D eigenvalue weighted by molar-refractivity contribution is -0.146. The number of hydrogen-bond acceptors (Lipinski definition) is 3. The Labute approximate surface area is 79.3 Å². The maximum Gasteiger partial charge on any atom is 0.326 e. The monoisotopic (exact) mass is 189 g/mol. The summed E-state index contributed by atoms with van der Waals surface area (Å²) in [7, 11) is 0. The van der Waals surface area contributed by atoms with Crippen LogP contribution in [0.1, 0.15) is 27.2 Å². The largest absolute Gasteiger partial charge is 0.480 e. The minimum Gasteiger partial charge on any atom is -0.480 e. The smallest absolute Gasteiger partial charge is 0.326 e. The molecule has 0 heterocycles. The Morgan fingerprint density at radius 1 is 1.54 bits per heavy atom. The van der Waals surface area contributed by atoms with E-state index >= 15 is 0 Å². The van der Waals surface area contributed by atoms with Crippen molar-refractivity contribution in [3.63, 3.8) is 0 Å². The molecular weight excluding hydrogens is 170 g/mol. The molecule has 0 aromatic carbocycles. The van der Waals surface area contributed by atoms with E-state index < -0.39 is 11.5 Å². The standard InChI is InChI=1S/C9H19NO3/c1-4-6-13-7-9(3,8(11)12)10-5-2/h10H,4-7H2,1-3H3,(H,11,12). The molecule has 0 fully saturated rings. The van der Waals surface area contributed by atoms with Crippen LogP contribution in [0.4, 0.5) is 0 Å². The Balaban J connectivity index is 4.00. The third kappa shape index (κ3) is 4.24. The number of rotatable bonds is 7. The van der Waals surface area contributed by atoms with Crippen LogP contribution < -0.4 is 5.32 Å². The van der Waals surface area contributed by atoms with E-state index in [9.17, 15) is 4.79 Å². The molecule has 2 N–H and O–H groups in total. The van der Waals surface area contributed by atoms with Gasteiger partial charge in [-0.05, 0) is 19.9 Å². The molecule has 4 heteroatoms. The van der Waals surface area contributed by atoms with Gasteiger partial charge < -0.3 is 15.2 Å². The van der Waals surface area contributed by atoms with Crippen molar-refractivity contribution < 1.29 is 14.6 Å². The Morgan fingerprint density at radius 3 is 2.54 bits per heavy atom. The van der Waals surface area contributed by atoms with Gasteiger partial charge in [0.2, 0.25) is 0 Å². The number of carbonyl (C=O) groups is 1. The van der Waals surface area contributed by atoms with E-state index in [1.54, 1.807) is 6.92 Å². The van der Waals surface area contributed by atoms with Crippen molar-refractivity contribution >= 4 is 5.97 Å². The third-order valence-electron chi connectivity index (χ3n) is 1.78. The van der Waals surface area contributed by atoms with Gasteiger partial charge in [-0.3, -0.25) is 4.79 Å². The second kappa shape index (κ2) is 5.94. The van der Waals surface area contributed by atoms with Crippen molar-refractivity contribution in [3.05, 3.63) is 0 Å². The number of carboxylic acid groups (broad SMARTS) is 1. The molecule has 1 atom stereocenters. The van der Waals surface area contributed by atoms with E-state index in [1.807, 2.05) is 13.8 Å². The average molecular weight is 189 g/mol. The van der Waals surface area contributed by atoms with E-state index in [4.69, 9.17) is 9.84 Å². The molecule has 0 saturated carbocycles. The first-order valence-corrected chi connectivity index (χ1v) is 4.63. The number of ether oxygens (including phenoxy) is 1. The lowest BCUT2D eigenvalue weighted by atomic mass is 10.0. The average Bonchev–Trinajstić information content (AvgIpc) is 2.05. The highest BCUT2D eigenvalue weighted by molar-refractivity contribution is 5.78. The molecule has 0 aliphatic carbocycles. The van der Waals surface area contributed by atoms with E-state index in [0.29, 0.717) is 13.2 Å². The second-order valence-electron chi connectivity index (χ2n) is 3.22. The lowest BCUT2D eigenvalue weighted by Crippen LogP contribution is -2.53. The fraction of sp³-hybridized carbons (Fsp3) is 0.889. The number of carboxylic acids is 1. The summed E-state index contributed by atoms with van der Waals surface area (Å²) in [6.07, 6.45) is 0.905. The van der Waals surface area contributed by atoms with Crippen molar-refractivity contribution in [2.75, 3.05) is 19.8 Å². The molecule has 0 saturated heterocycles. The van der Waals surface area contributed by atoms with Crippen LogP contribution in [-0.2, 0) is 9.53 Å². The normalized spacial score (nSPS) is 15.3. The highest BCUT2D eigenvalue weighted by Gasteiger charge is 2.32. The van der Waals surface area contributed by atoms with Crippen LogP contribution in [0.25, 0.3) is 0 Å². The van der Waals surface area contributed by atoms with Crippen LogP contribution in [0.3, 0.4) is 0 Å². The summed E-state index contributed by atoms with van der Waals surface area (Å²) in [6, 6.07) is 0. The number of likely N-dealkylation sites (N-methyl/N-ethyl adjacent to an activating group) is 1. The molecule has 0 aromatic rings. The number of aliphatic carboxylic acids is 1. The van der Waals surface area contributed by atoms with Gasteiger partial charge in [0.25, 0.3) is 0 Å². The molecule has 78 valence electrons. The highest BCUT2D eigenvalue weighted by atomic mass is 16.5. The topological polar surface area (TPSA) is 58.6 Å². The molecule has 0 rings (SSSR count). The first kappa shape index (κ1) is 12.4. The van der Waals surface area contributed by atoms with E-state index in [0.717, 1.165) is 6.42 Å². The maximum absolute atomic E-state index is 10.9. The minimum absolute atomic E-state index is 0.212. The molecule has 0 aliphatic rings. The Morgan fingerprint density at radius 2 is 2.15 bits per heavy atom. The molecule has 13 heavy (non-hydrogen) atoms. The molecule has 0 amide bonds. The van der Waals surface area contributed by atoms with Gasteiger partial charge in [0, 0.05) is 6.61 Å². The van der Waals surface area contributed by atoms with Gasteiger partial charge in [-0.1, -0.05) is 13.8 Å². The van der Waals surface area contributed by atoms with Crippen LogP contribution in [-0.4, -0.2) is 36.4 Å². The van der Waals surface area contributed by atoms with E-state index in [-0.39, 0.29) is 6.61 Å². The van der Waals surface area contributed by atoms with E-state index in [1.165, 1.54) is 0 Å². The molecular formula is C9H19NO3. The van der Waals surface area contributed by atoms with Crippen molar-refractivity contribution in [2.24, 2.45) is 0 Å². The van der Waals surface area contributed by atoms with Gasteiger partial charge in [-0.25, -0.2) is 0 Å².